The number of amides is 2. The highest BCUT2D eigenvalue weighted by atomic mass is 32.1. The Hall–Kier alpha value is -1.60. The number of thiophene rings is 1. The van der Waals surface area contributed by atoms with Crippen molar-refractivity contribution >= 4 is 23.3 Å². The molecule has 2 amide bonds. The molecule has 2 fully saturated rings. The number of cyclic esters (lactones) is 1. The van der Waals surface area contributed by atoms with Crippen LogP contribution in [0.3, 0.4) is 0 Å². The maximum Gasteiger partial charge on any atom is 0.409 e. The standard InChI is InChI=1S/C15H21N3O3S/c19-14(13-3-1-12-22-13)17-5-2-4-16(6-8-17)7-9-18-10-11-21-15(18)20/h1,3,12H,2,4-11H2. The van der Waals surface area contributed by atoms with Gasteiger partial charge in [-0.2, -0.15) is 0 Å². The number of carbonyl (C=O) groups is 2. The van der Waals surface area contributed by atoms with Crippen molar-refractivity contribution in [1.82, 2.24) is 14.7 Å². The smallest absolute Gasteiger partial charge is 0.409 e. The highest BCUT2D eigenvalue weighted by Crippen LogP contribution is 2.14. The van der Waals surface area contributed by atoms with Crippen molar-refractivity contribution in [2.45, 2.75) is 6.42 Å². The summed E-state index contributed by atoms with van der Waals surface area (Å²) in [5.74, 6) is 0.139. The summed E-state index contributed by atoms with van der Waals surface area (Å²) >= 11 is 1.50. The van der Waals surface area contributed by atoms with Crippen LogP contribution in [0.5, 0.6) is 0 Å². The fraction of sp³-hybridized carbons (Fsp3) is 0.600. The summed E-state index contributed by atoms with van der Waals surface area (Å²) in [6.07, 6.45) is 0.769. The summed E-state index contributed by atoms with van der Waals surface area (Å²) in [4.78, 5) is 30.6. The topological polar surface area (TPSA) is 53.1 Å². The summed E-state index contributed by atoms with van der Waals surface area (Å²) in [6.45, 7) is 6.13. The van der Waals surface area contributed by atoms with Gasteiger partial charge in [-0.1, -0.05) is 6.07 Å². The lowest BCUT2D eigenvalue weighted by Crippen LogP contribution is -2.38. The Morgan fingerprint density at radius 1 is 1.18 bits per heavy atom. The molecule has 3 rings (SSSR count). The molecule has 0 N–H and O–H groups in total. The first-order valence-electron chi connectivity index (χ1n) is 7.71. The van der Waals surface area contributed by atoms with Gasteiger partial charge >= 0.3 is 6.09 Å². The molecular formula is C15H21N3O3S. The SMILES string of the molecule is O=C1OCCN1CCN1CCCN(C(=O)c2cccs2)CC1. The number of carbonyl (C=O) groups excluding carboxylic acids is 2. The van der Waals surface area contributed by atoms with E-state index in [0.29, 0.717) is 19.7 Å². The molecule has 6 nitrogen and oxygen atoms in total. The predicted molar refractivity (Wildman–Crippen MR) is 84.2 cm³/mol. The summed E-state index contributed by atoms with van der Waals surface area (Å²) in [5, 5.41) is 1.94. The molecule has 120 valence electrons. The first-order valence-corrected chi connectivity index (χ1v) is 8.59. The Morgan fingerprint density at radius 2 is 2.09 bits per heavy atom. The van der Waals surface area contributed by atoms with E-state index in [0.717, 1.165) is 44.0 Å². The van der Waals surface area contributed by atoms with Gasteiger partial charge in [0, 0.05) is 32.7 Å². The summed E-state index contributed by atoms with van der Waals surface area (Å²) in [5.41, 5.74) is 0. The molecule has 2 aliphatic heterocycles. The maximum absolute atomic E-state index is 12.4. The number of nitrogens with zero attached hydrogens (tertiary/aromatic N) is 3. The van der Waals surface area contributed by atoms with Gasteiger partial charge in [0.05, 0.1) is 11.4 Å². The summed E-state index contributed by atoms with van der Waals surface area (Å²) in [6, 6.07) is 3.80. The monoisotopic (exact) mass is 323 g/mol. The largest absolute Gasteiger partial charge is 0.448 e. The summed E-state index contributed by atoms with van der Waals surface area (Å²) in [7, 11) is 0. The van der Waals surface area contributed by atoms with Gasteiger partial charge < -0.3 is 14.5 Å². The normalized spacial score (nSPS) is 20.1. The van der Waals surface area contributed by atoms with Gasteiger partial charge in [-0.25, -0.2) is 4.79 Å². The lowest BCUT2D eigenvalue weighted by atomic mass is 10.3. The van der Waals surface area contributed by atoms with Gasteiger partial charge in [0.1, 0.15) is 6.61 Å². The first-order chi connectivity index (χ1) is 10.7. The van der Waals surface area contributed by atoms with Gasteiger partial charge in [-0.15, -0.1) is 11.3 Å². The molecular weight excluding hydrogens is 302 g/mol. The van der Waals surface area contributed by atoms with Crippen molar-refractivity contribution in [3.05, 3.63) is 22.4 Å². The Labute approximate surface area is 134 Å². The minimum atomic E-state index is -0.204. The first kappa shape index (κ1) is 15.3. The zero-order valence-corrected chi connectivity index (χ0v) is 13.4. The van der Waals surface area contributed by atoms with E-state index >= 15 is 0 Å². The molecule has 3 heterocycles. The fourth-order valence-electron chi connectivity index (χ4n) is 2.84. The number of hydrogen-bond acceptors (Lipinski definition) is 5. The third-order valence-corrected chi connectivity index (χ3v) is 5.00. The lowest BCUT2D eigenvalue weighted by Gasteiger charge is -2.23. The minimum Gasteiger partial charge on any atom is -0.448 e. The average molecular weight is 323 g/mol. The molecule has 0 unspecified atom stereocenters. The summed E-state index contributed by atoms with van der Waals surface area (Å²) < 4.78 is 4.94. The molecule has 1 aromatic heterocycles. The van der Waals surface area contributed by atoms with Crippen molar-refractivity contribution < 1.29 is 14.3 Å². The molecule has 0 saturated carbocycles. The van der Waals surface area contributed by atoms with E-state index in [1.54, 1.807) is 4.90 Å². The predicted octanol–water partition coefficient (Wildman–Crippen LogP) is 1.35. The number of ether oxygens (including phenoxy) is 1. The van der Waals surface area contributed by atoms with Gasteiger partial charge in [-0.3, -0.25) is 9.69 Å². The molecule has 0 aromatic carbocycles. The van der Waals surface area contributed by atoms with E-state index in [-0.39, 0.29) is 12.0 Å². The quantitative estimate of drug-likeness (QED) is 0.839. The van der Waals surface area contributed by atoms with Crippen LogP contribution in [0, 0.1) is 0 Å². The molecule has 0 radical (unpaired) electrons. The van der Waals surface area contributed by atoms with Crippen LogP contribution in [0.1, 0.15) is 16.1 Å². The second-order valence-electron chi connectivity index (χ2n) is 5.57. The van der Waals surface area contributed by atoms with Crippen LogP contribution in [0.25, 0.3) is 0 Å². The molecule has 22 heavy (non-hydrogen) atoms. The Bertz CT molecular complexity index is 520. The van der Waals surface area contributed by atoms with Crippen LogP contribution in [0.4, 0.5) is 4.79 Å². The van der Waals surface area contributed by atoms with E-state index < -0.39 is 0 Å². The number of rotatable bonds is 4. The average Bonchev–Trinajstić information content (AvgIpc) is 3.13. The van der Waals surface area contributed by atoms with Crippen molar-refractivity contribution in [2.24, 2.45) is 0 Å². The van der Waals surface area contributed by atoms with Crippen LogP contribution in [0.15, 0.2) is 17.5 Å². The van der Waals surface area contributed by atoms with Gasteiger partial charge in [0.2, 0.25) is 0 Å². The molecule has 0 spiro atoms. The second-order valence-corrected chi connectivity index (χ2v) is 6.51. The minimum absolute atomic E-state index is 0.139. The van der Waals surface area contributed by atoms with E-state index in [2.05, 4.69) is 4.90 Å². The second kappa shape index (κ2) is 7.11. The van der Waals surface area contributed by atoms with Crippen LogP contribution in [-0.2, 0) is 4.74 Å². The molecule has 0 bridgehead atoms. The number of hydrogen-bond donors (Lipinski definition) is 0. The van der Waals surface area contributed by atoms with Crippen molar-refractivity contribution in [3.8, 4) is 0 Å². The molecule has 1 aromatic rings. The van der Waals surface area contributed by atoms with E-state index in [1.807, 2.05) is 22.4 Å². The van der Waals surface area contributed by atoms with Crippen molar-refractivity contribution in [1.29, 1.82) is 0 Å². The maximum atomic E-state index is 12.4. The van der Waals surface area contributed by atoms with Crippen LogP contribution in [-0.4, -0.2) is 79.1 Å². The molecule has 0 aliphatic carbocycles. The molecule has 2 aliphatic rings. The van der Waals surface area contributed by atoms with Crippen molar-refractivity contribution in [2.75, 3.05) is 52.4 Å². The van der Waals surface area contributed by atoms with Crippen LogP contribution in [0.2, 0.25) is 0 Å². The molecule has 7 heteroatoms. The lowest BCUT2D eigenvalue weighted by molar-refractivity contribution is 0.0766. The molecule has 0 atom stereocenters. The van der Waals surface area contributed by atoms with Gasteiger partial charge in [0.15, 0.2) is 0 Å². The van der Waals surface area contributed by atoms with Crippen molar-refractivity contribution in [3.63, 3.8) is 0 Å². The van der Waals surface area contributed by atoms with E-state index in [4.69, 9.17) is 4.74 Å². The highest BCUT2D eigenvalue weighted by molar-refractivity contribution is 7.12. The van der Waals surface area contributed by atoms with E-state index in [1.165, 1.54) is 11.3 Å². The van der Waals surface area contributed by atoms with Gasteiger partial charge in [0.25, 0.3) is 5.91 Å². The fourth-order valence-corrected chi connectivity index (χ4v) is 3.54. The van der Waals surface area contributed by atoms with E-state index in [9.17, 15) is 9.59 Å². The Balaban J connectivity index is 1.47. The van der Waals surface area contributed by atoms with Crippen LogP contribution >= 0.6 is 11.3 Å². The van der Waals surface area contributed by atoms with Gasteiger partial charge in [-0.05, 0) is 24.4 Å². The Morgan fingerprint density at radius 3 is 2.82 bits per heavy atom. The third kappa shape index (κ3) is 3.59. The van der Waals surface area contributed by atoms with Crippen LogP contribution < -0.4 is 0 Å². The zero-order chi connectivity index (χ0) is 15.4. The highest BCUT2D eigenvalue weighted by Gasteiger charge is 2.24. The Kier molecular flexibility index (Phi) is 4.94. The molecule has 2 saturated heterocycles. The zero-order valence-electron chi connectivity index (χ0n) is 12.6. The third-order valence-electron chi connectivity index (χ3n) is 4.14.